The summed E-state index contributed by atoms with van der Waals surface area (Å²) in [6.07, 6.45) is 0. The van der Waals surface area contributed by atoms with Crippen LogP contribution >= 0.6 is 11.3 Å². The van der Waals surface area contributed by atoms with E-state index in [1.165, 1.54) is 28.8 Å². The summed E-state index contributed by atoms with van der Waals surface area (Å²) in [5.41, 5.74) is 0.739. The standard InChI is InChI=1S/C12H11N3O4S/c1-7(11-14-10(6-20-11)12(16)17)13-8-2-4-9(5-3-8)15(18)19/h2-7,13H,1H3,(H,16,17). The number of hydrogen-bond donors (Lipinski definition) is 2. The number of aromatic carboxylic acids is 1. The Labute approximate surface area is 118 Å². The Balaban J connectivity index is 2.08. The van der Waals surface area contributed by atoms with Crippen molar-refractivity contribution in [3.8, 4) is 0 Å². The highest BCUT2D eigenvalue weighted by atomic mass is 32.1. The molecule has 20 heavy (non-hydrogen) atoms. The molecule has 1 atom stereocenters. The number of non-ortho nitro benzene ring substituents is 1. The van der Waals surface area contributed by atoms with E-state index in [9.17, 15) is 14.9 Å². The molecule has 2 aromatic rings. The lowest BCUT2D eigenvalue weighted by Crippen LogP contribution is -2.07. The molecule has 0 aliphatic heterocycles. The van der Waals surface area contributed by atoms with E-state index in [1.54, 1.807) is 12.1 Å². The highest BCUT2D eigenvalue weighted by molar-refractivity contribution is 7.09. The number of nitrogens with zero attached hydrogens (tertiary/aromatic N) is 2. The summed E-state index contributed by atoms with van der Waals surface area (Å²) < 4.78 is 0. The Morgan fingerprint density at radius 1 is 1.45 bits per heavy atom. The summed E-state index contributed by atoms with van der Waals surface area (Å²) in [6, 6.07) is 5.81. The van der Waals surface area contributed by atoms with Gasteiger partial charge in [-0.05, 0) is 19.1 Å². The number of hydrogen-bond acceptors (Lipinski definition) is 6. The SMILES string of the molecule is CC(Nc1ccc([N+](=O)[O-])cc1)c1nc(C(=O)O)cs1. The molecule has 0 bridgehead atoms. The Kier molecular flexibility index (Phi) is 3.94. The van der Waals surface area contributed by atoms with E-state index >= 15 is 0 Å². The molecule has 0 fully saturated rings. The van der Waals surface area contributed by atoms with Crippen molar-refractivity contribution in [1.82, 2.24) is 4.98 Å². The largest absolute Gasteiger partial charge is 0.476 e. The number of rotatable bonds is 5. The van der Waals surface area contributed by atoms with Crippen LogP contribution in [-0.2, 0) is 0 Å². The third kappa shape index (κ3) is 3.09. The molecule has 104 valence electrons. The topological polar surface area (TPSA) is 105 Å². The zero-order valence-corrected chi connectivity index (χ0v) is 11.3. The minimum atomic E-state index is -1.06. The van der Waals surface area contributed by atoms with Crippen molar-refractivity contribution in [2.75, 3.05) is 5.32 Å². The molecular weight excluding hydrogens is 282 g/mol. The Bertz CT molecular complexity index is 638. The molecular formula is C12H11N3O4S. The minimum Gasteiger partial charge on any atom is -0.476 e. The molecule has 2 N–H and O–H groups in total. The highest BCUT2D eigenvalue weighted by Gasteiger charge is 2.14. The van der Waals surface area contributed by atoms with Gasteiger partial charge in [-0.2, -0.15) is 0 Å². The molecule has 1 aromatic carbocycles. The van der Waals surface area contributed by atoms with E-state index in [1.807, 2.05) is 6.92 Å². The van der Waals surface area contributed by atoms with Crippen molar-refractivity contribution in [3.63, 3.8) is 0 Å². The Hall–Kier alpha value is -2.48. The van der Waals surface area contributed by atoms with Gasteiger partial charge < -0.3 is 10.4 Å². The molecule has 0 radical (unpaired) electrons. The molecule has 0 amide bonds. The lowest BCUT2D eigenvalue weighted by Gasteiger charge is -2.12. The van der Waals surface area contributed by atoms with Crippen LogP contribution in [0.15, 0.2) is 29.6 Å². The first kappa shape index (κ1) is 13.9. The third-order valence-electron chi connectivity index (χ3n) is 2.57. The van der Waals surface area contributed by atoms with Gasteiger partial charge in [0.1, 0.15) is 5.01 Å². The Morgan fingerprint density at radius 3 is 2.60 bits per heavy atom. The van der Waals surface area contributed by atoms with Gasteiger partial charge in [0.15, 0.2) is 5.69 Å². The van der Waals surface area contributed by atoms with Crippen LogP contribution in [-0.4, -0.2) is 21.0 Å². The first-order valence-electron chi connectivity index (χ1n) is 5.67. The van der Waals surface area contributed by atoms with E-state index < -0.39 is 10.9 Å². The zero-order valence-electron chi connectivity index (χ0n) is 10.4. The Morgan fingerprint density at radius 2 is 2.10 bits per heavy atom. The number of thiazole rings is 1. The van der Waals surface area contributed by atoms with Crippen molar-refractivity contribution < 1.29 is 14.8 Å². The normalized spacial score (nSPS) is 11.8. The molecule has 7 nitrogen and oxygen atoms in total. The number of carboxylic acids is 1. The van der Waals surface area contributed by atoms with Gasteiger partial charge >= 0.3 is 5.97 Å². The average molecular weight is 293 g/mol. The fraction of sp³-hybridized carbons (Fsp3) is 0.167. The number of aromatic nitrogens is 1. The number of carbonyl (C=O) groups is 1. The van der Waals surface area contributed by atoms with E-state index in [2.05, 4.69) is 10.3 Å². The number of nitro benzene ring substituents is 1. The maximum absolute atomic E-state index is 10.8. The molecule has 0 aliphatic rings. The smallest absolute Gasteiger partial charge is 0.355 e. The molecule has 0 saturated carbocycles. The lowest BCUT2D eigenvalue weighted by atomic mass is 10.2. The van der Waals surface area contributed by atoms with E-state index in [4.69, 9.17) is 5.11 Å². The van der Waals surface area contributed by atoms with E-state index in [0.717, 1.165) is 0 Å². The van der Waals surface area contributed by atoms with Crippen LogP contribution in [0.5, 0.6) is 0 Å². The fourth-order valence-electron chi connectivity index (χ4n) is 1.58. The first-order valence-corrected chi connectivity index (χ1v) is 6.55. The first-order chi connectivity index (χ1) is 9.47. The molecule has 1 heterocycles. The second kappa shape index (κ2) is 5.66. The minimum absolute atomic E-state index is 0.0161. The summed E-state index contributed by atoms with van der Waals surface area (Å²) in [6.45, 7) is 1.84. The van der Waals surface area contributed by atoms with Crippen molar-refractivity contribution in [3.05, 3.63) is 50.5 Å². The molecule has 1 unspecified atom stereocenters. The summed E-state index contributed by atoms with van der Waals surface area (Å²) in [7, 11) is 0. The number of carboxylic acid groups (broad SMARTS) is 1. The van der Waals surface area contributed by atoms with E-state index in [-0.39, 0.29) is 17.4 Å². The number of nitro groups is 1. The van der Waals surface area contributed by atoms with Gasteiger partial charge in [-0.25, -0.2) is 9.78 Å². The summed E-state index contributed by atoms with van der Waals surface area (Å²) in [4.78, 5) is 24.8. The number of benzene rings is 1. The maximum Gasteiger partial charge on any atom is 0.355 e. The molecule has 8 heteroatoms. The van der Waals surface area contributed by atoms with Crippen LogP contribution < -0.4 is 5.32 Å². The summed E-state index contributed by atoms with van der Waals surface area (Å²) in [5, 5.41) is 24.6. The van der Waals surface area contributed by atoms with Crippen LogP contribution in [0.4, 0.5) is 11.4 Å². The van der Waals surface area contributed by atoms with Gasteiger partial charge in [-0.3, -0.25) is 10.1 Å². The number of nitrogens with one attached hydrogen (secondary N) is 1. The second-order valence-corrected chi connectivity index (χ2v) is 4.94. The predicted molar refractivity (Wildman–Crippen MR) is 74.2 cm³/mol. The third-order valence-corrected chi connectivity index (χ3v) is 3.60. The van der Waals surface area contributed by atoms with Crippen molar-refractivity contribution in [2.45, 2.75) is 13.0 Å². The van der Waals surface area contributed by atoms with Crippen LogP contribution in [0.3, 0.4) is 0 Å². The fourth-order valence-corrected chi connectivity index (χ4v) is 2.38. The van der Waals surface area contributed by atoms with Gasteiger partial charge in [0, 0.05) is 23.2 Å². The van der Waals surface area contributed by atoms with Crippen LogP contribution in [0.25, 0.3) is 0 Å². The lowest BCUT2D eigenvalue weighted by molar-refractivity contribution is -0.384. The van der Waals surface area contributed by atoms with Gasteiger partial charge in [-0.15, -0.1) is 11.3 Å². The maximum atomic E-state index is 10.8. The van der Waals surface area contributed by atoms with Gasteiger partial charge in [-0.1, -0.05) is 0 Å². The molecule has 1 aromatic heterocycles. The molecule has 0 aliphatic carbocycles. The van der Waals surface area contributed by atoms with Crippen molar-refractivity contribution in [2.24, 2.45) is 0 Å². The summed E-state index contributed by atoms with van der Waals surface area (Å²) in [5.74, 6) is -1.06. The summed E-state index contributed by atoms with van der Waals surface area (Å²) >= 11 is 1.25. The van der Waals surface area contributed by atoms with Gasteiger partial charge in [0.25, 0.3) is 5.69 Å². The van der Waals surface area contributed by atoms with Gasteiger partial charge in [0.05, 0.1) is 11.0 Å². The average Bonchev–Trinajstić information content (AvgIpc) is 2.89. The second-order valence-electron chi connectivity index (χ2n) is 4.05. The molecule has 0 saturated heterocycles. The predicted octanol–water partition coefficient (Wildman–Crippen LogP) is 2.92. The van der Waals surface area contributed by atoms with Crippen molar-refractivity contribution >= 4 is 28.7 Å². The molecule has 2 rings (SSSR count). The monoisotopic (exact) mass is 293 g/mol. The van der Waals surface area contributed by atoms with Crippen LogP contribution in [0.2, 0.25) is 0 Å². The van der Waals surface area contributed by atoms with E-state index in [0.29, 0.717) is 10.7 Å². The highest BCUT2D eigenvalue weighted by Crippen LogP contribution is 2.23. The van der Waals surface area contributed by atoms with Crippen LogP contribution in [0, 0.1) is 10.1 Å². The quantitative estimate of drug-likeness (QED) is 0.648. The van der Waals surface area contributed by atoms with Gasteiger partial charge in [0.2, 0.25) is 0 Å². The zero-order chi connectivity index (χ0) is 14.7. The number of anilines is 1. The molecule has 0 spiro atoms. The van der Waals surface area contributed by atoms with Crippen molar-refractivity contribution in [1.29, 1.82) is 0 Å². The van der Waals surface area contributed by atoms with Crippen LogP contribution in [0.1, 0.15) is 28.5 Å².